The Morgan fingerprint density at radius 1 is 0.857 bits per heavy atom. The number of hydrogen-bond donors (Lipinski definition) is 1. The average molecular weight is 341 g/mol. The molecule has 0 aromatic heterocycles. The van der Waals surface area contributed by atoms with Crippen molar-refractivity contribution in [3.8, 4) is 0 Å². The molecule has 0 spiro atoms. The number of fused-ring (bicyclic) bond motifs is 1. The van der Waals surface area contributed by atoms with Gasteiger partial charge in [-0.3, -0.25) is 0 Å². The number of hydrogen-bond acceptors (Lipinski definition) is 1. The lowest BCUT2D eigenvalue weighted by atomic mass is 9.83. The second-order valence-corrected chi connectivity index (χ2v) is 6.20. The lowest BCUT2D eigenvalue weighted by Crippen LogP contribution is -2.26. The van der Waals surface area contributed by atoms with Crippen molar-refractivity contribution in [3.05, 3.63) is 82.3 Å². The fraction of sp³-hybridized carbons (Fsp3) is 0.158. The Morgan fingerprint density at radius 3 is 2.29 bits per heavy atom. The van der Waals surface area contributed by atoms with E-state index in [4.69, 9.17) is 0 Å². The van der Waals surface area contributed by atoms with Gasteiger partial charge in [0.1, 0.15) is 5.60 Å². The van der Waals surface area contributed by atoms with Crippen molar-refractivity contribution in [2.24, 2.45) is 0 Å². The topological polar surface area (TPSA) is 20.2 Å². The minimum Gasteiger partial charge on any atom is -0.380 e. The molecule has 0 aliphatic heterocycles. The molecule has 0 aliphatic rings. The van der Waals surface area contributed by atoms with Crippen LogP contribution in [-0.2, 0) is 5.60 Å². The van der Waals surface area contributed by atoms with Crippen LogP contribution in [0.25, 0.3) is 10.8 Å². The summed E-state index contributed by atoms with van der Waals surface area (Å²) in [5, 5.41) is 13.6. The van der Waals surface area contributed by atoms with Crippen LogP contribution >= 0.6 is 15.9 Å². The van der Waals surface area contributed by atoms with Crippen LogP contribution in [0.5, 0.6) is 0 Å². The summed E-state index contributed by atoms with van der Waals surface area (Å²) >= 11 is 3.49. The molecule has 21 heavy (non-hydrogen) atoms. The van der Waals surface area contributed by atoms with Crippen molar-refractivity contribution < 1.29 is 5.11 Å². The molecule has 0 saturated heterocycles. The summed E-state index contributed by atoms with van der Waals surface area (Å²) in [5.74, 6) is 0. The van der Waals surface area contributed by atoms with Crippen molar-refractivity contribution >= 4 is 26.7 Å². The number of rotatable bonds is 3. The van der Waals surface area contributed by atoms with E-state index in [1.165, 1.54) is 5.39 Å². The predicted octanol–water partition coefficient (Wildman–Crippen LogP) is 5.25. The zero-order chi connectivity index (χ0) is 14.9. The van der Waals surface area contributed by atoms with Gasteiger partial charge in [0.25, 0.3) is 0 Å². The average Bonchev–Trinajstić information content (AvgIpc) is 2.53. The van der Waals surface area contributed by atoms with Crippen LogP contribution in [0.2, 0.25) is 0 Å². The molecule has 0 amide bonds. The lowest BCUT2D eigenvalue weighted by Gasteiger charge is -2.28. The van der Waals surface area contributed by atoms with E-state index < -0.39 is 5.60 Å². The van der Waals surface area contributed by atoms with Gasteiger partial charge < -0.3 is 5.11 Å². The number of aliphatic hydroxyl groups is 1. The first-order valence-corrected chi connectivity index (χ1v) is 7.90. The first kappa shape index (κ1) is 14.3. The predicted molar refractivity (Wildman–Crippen MR) is 91.4 cm³/mol. The maximum absolute atomic E-state index is 11.2. The third-order valence-electron chi connectivity index (χ3n) is 4.04. The summed E-state index contributed by atoms with van der Waals surface area (Å²) in [6, 6.07) is 22.3. The summed E-state index contributed by atoms with van der Waals surface area (Å²) in [4.78, 5) is 0. The van der Waals surface area contributed by atoms with Crippen LogP contribution in [0, 0.1) is 0 Å². The molecule has 0 fully saturated rings. The molecule has 0 heterocycles. The lowest BCUT2D eigenvalue weighted by molar-refractivity contribution is 0.0766. The minimum absolute atomic E-state index is 0.627. The standard InChI is InChI=1S/C19H17BrO/c1-2-19(21,16-8-5-9-18(20)13-16)17-11-10-14-6-3-4-7-15(14)12-17/h3-13,21H,2H2,1H3. The van der Waals surface area contributed by atoms with Crippen molar-refractivity contribution in [1.29, 1.82) is 0 Å². The van der Waals surface area contributed by atoms with Gasteiger partial charge in [0.2, 0.25) is 0 Å². The Morgan fingerprint density at radius 2 is 1.57 bits per heavy atom. The van der Waals surface area contributed by atoms with Gasteiger partial charge in [-0.15, -0.1) is 0 Å². The van der Waals surface area contributed by atoms with Gasteiger partial charge in [0.05, 0.1) is 0 Å². The molecule has 1 nitrogen and oxygen atoms in total. The maximum atomic E-state index is 11.2. The van der Waals surface area contributed by atoms with Crippen molar-refractivity contribution in [2.75, 3.05) is 0 Å². The molecule has 0 saturated carbocycles. The Hall–Kier alpha value is -1.64. The van der Waals surface area contributed by atoms with E-state index in [1.807, 2.05) is 49.4 Å². The quantitative estimate of drug-likeness (QED) is 0.690. The highest BCUT2D eigenvalue weighted by molar-refractivity contribution is 9.10. The summed E-state index contributed by atoms with van der Waals surface area (Å²) < 4.78 is 0.979. The molecule has 0 bridgehead atoms. The third-order valence-corrected chi connectivity index (χ3v) is 4.53. The summed E-state index contributed by atoms with van der Waals surface area (Å²) in [6.45, 7) is 2.01. The number of benzene rings is 3. The fourth-order valence-electron chi connectivity index (χ4n) is 2.77. The molecule has 1 unspecified atom stereocenters. The highest BCUT2D eigenvalue weighted by Crippen LogP contribution is 2.35. The largest absolute Gasteiger partial charge is 0.380 e. The Kier molecular flexibility index (Phi) is 3.83. The van der Waals surface area contributed by atoms with Crippen LogP contribution in [0.3, 0.4) is 0 Å². The van der Waals surface area contributed by atoms with Crippen LogP contribution in [0.15, 0.2) is 71.2 Å². The SMILES string of the molecule is CCC(O)(c1cccc(Br)c1)c1ccc2ccccc2c1. The monoisotopic (exact) mass is 340 g/mol. The van der Waals surface area contributed by atoms with Gasteiger partial charge in [-0.2, -0.15) is 0 Å². The molecule has 0 radical (unpaired) electrons. The molecule has 1 N–H and O–H groups in total. The van der Waals surface area contributed by atoms with E-state index in [-0.39, 0.29) is 0 Å². The molecule has 3 rings (SSSR count). The molecule has 3 aromatic rings. The summed E-state index contributed by atoms with van der Waals surface area (Å²) in [6.07, 6.45) is 0.627. The van der Waals surface area contributed by atoms with E-state index in [1.54, 1.807) is 0 Å². The molecule has 2 heteroatoms. The molecular formula is C19H17BrO. The second-order valence-electron chi connectivity index (χ2n) is 5.29. The highest BCUT2D eigenvalue weighted by Gasteiger charge is 2.29. The molecule has 1 atom stereocenters. The normalized spacial score (nSPS) is 14.0. The zero-order valence-electron chi connectivity index (χ0n) is 11.9. The second kappa shape index (κ2) is 5.63. The Bertz CT molecular complexity index is 781. The van der Waals surface area contributed by atoms with E-state index in [2.05, 4.69) is 40.2 Å². The third kappa shape index (κ3) is 2.61. The van der Waals surface area contributed by atoms with Crippen LogP contribution in [0.1, 0.15) is 24.5 Å². The van der Waals surface area contributed by atoms with Crippen molar-refractivity contribution in [2.45, 2.75) is 18.9 Å². The van der Waals surface area contributed by atoms with Crippen LogP contribution in [0.4, 0.5) is 0 Å². The molecular weight excluding hydrogens is 324 g/mol. The first-order chi connectivity index (χ1) is 10.1. The van der Waals surface area contributed by atoms with Crippen molar-refractivity contribution in [1.82, 2.24) is 0 Å². The fourth-order valence-corrected chi connectivity index (χ4v) is 3.17. The van der Waals surface area contributed by atoms with Gasteiger partial charge in [-0.25, -0.2) is 0 Å². The van der Waals surface area contributed by atoms with E-state index in [0.717, 1.165) is 21.0 Å². The van der Waals surface area contributed by atoms with Gasteiger partial charge in [-0.1, -0.05) is 71.4 Å². The van der Waals surface area contributed by atoms with E-state index >= 15 is 0 Å². The molecule has 0 aliphatic carbocycles. The molecule has 106 valence electrons. The summed E-state index contributed by atoms with van der Waals surface area (Å²) in [5.41, 5.74) is 0.879. The van der Waals surface area contributed by atoms with E-state index in [9.17, 15) is 5.11 Å². The number of halogens is 1. The van der Waals surface area contributed by atoms with Crippen LogP contribution < -0.4 is 0 Å². The Labute approximate surface area is 133 Å². The molecule has 3 aromatic carbocycles. The maximum Gasteiger partial charge on any atom is 0.114 e. The first-order valence-electron chi connectivity index (χ1n) is 7.11. The van der Waals surface area contributed by atoms with Gasteiger partial charge in [-0.05, 0) is 46.5 Å². The zero-order valence-corrected chi connectivity index (χ0v) is 13.5. The van der Waals surface area contributed by atoms with Crippen LogP contribution in [-0.4, -0.2) is 5.11 Å². The Balaban J connectivity index is 2.16. The van der Waals surface area contributed by atoms with Crippen molar-refractivity contribution in [3.63, 3.8) is 0 Å². The smallest absolute Gasteiger partial charge is 0.114 e. The van der Waals surface area contributed by atoms with Gasteiger partial charge in [0, 0.05) is 4.47 Å². The highest BCUT2D eigenvalue weighted by atomic mass is 79.9. The van der Waals surface area contributed by atoms with E-state index in [0.29, 0.717) is 6.42 Å². The minimum atomic E-state index is -0.964. The summed E-state index contributed by atoms with van der Waals surface area (Å²) in [7, 11) is 0. The van der Waals surface area contributed by atoms with Gasteiger partial charge in [0.15, 0.2) is 0 Å². The van der Waals surface area contributed by atoms with Gasteiger partial charge >= 0.3 is 0 Å².